The SMILES string of the molecule is CC(=O)c1ccc(N2CCN(C(=O)CNC(=O)c3ccc(F)cc3F)CC2)c(F)c1. The van der Waals surface area contributed by atoms with Crippen molar-refractivity contribution in [1.29, 1.82) is 0 Å². The molecule has 6 nitrogen and oxygen atoms in total. The van der Waals surface area contributed by atoms with Gasteiger partial charge in [-0.05, 0) is 37.3 Å². The minimum absolute atomic E-state index is 0.224. The molecular weight excluding hydrogens is 399 g/mol. The largest absolute Gasteiger partial charge is 0.366 e. The van der Waals surface area contributed by atoms with Crippen LogP contribution in [-0.2, 0) is 4.79 Å². The molecule has 30 heavy (non-hydrogen) atoms. The van der Waals surface area contributed by atoms with E-state index >= 15 is 0 Å². The molecule has 0 atom stereocenters. The lowest BCUT2D eigenvalue weighted by Crippen LogP contribution is -2.51. The number of Topliss-reactive ketones (excluding diaryl/α,β-unsaturated/α-hetero) is 1. The number of hydrogen-bond donors (Lipinski definition) is 1. The zero-order valence-corrected chi connectivity index (χ0v) is 16.3. The van der Waals surface area contributed by atoms with Crippen LogP contribution in [-0.4, -0.2) is 55.2 Å². The van der Waals surface area contributed by atoms with Gasteiger partial charge in [0.1, 0.15) is 17.5 Å². The summed E-state index contributed by atoms with van der Waals surface area (Å²) in [5.41, 5.74) is 0.295. The summed E-state index contributed by atoms with van der Waals surface area (Å²) in [4.78, 5) is 39.0. The van der Waals surface area contributed by atoms with E-state index in [1.54, 1.807) is 17.0 Å². The van der Waals surface area contributed by atoms with Crippen LogP contribution in [0, 0.1) is 17.5 Å². The molecule has 2 aromatic rings. The lowest BCUT2D eigenvalue weighted by Gasteiger charge is -2.36. The second-order valence-corrected chi connectivity index (χ2v) is 6.90. The van der Waals surface area contributed by atoms with Crippen LogP contribution in [0.25, 0.3) is 0 Å². The highest BCUT2D eigenvalue weighted by Crippen LogP contribution is 2.22. The number of halogens is 3. The van der Waals surface area contributed by atoms with Gasteiger partial charge in [-0.3, -0.25) is 14.4 Å². The fourth-order valence-electron chi connectivity index (χ4n) is 3.22. The van der Waals surface area contributed by atoms with Gasteiger partial charge < -0.3 is 15.1 Å². The summed E-state index contributed by atoms with van der Waals surface area (Å²) < 4.78 is 40.9. The minimum atomic E-state index is -1.01. The molecule has 0 unspecified atom stereocenters. The molecule has 1 heterocycles. The summed E-state index contributed by atoms with van der Waals surface area (Å²) in [5.74, 6) is -3.71. The first-order chi connectivity index (χ1) is 14.3. The Morgan fingerprint density at radius 1 is 0.933 bits per heavy atom. The van der Waals surface area contributed by atoms with Gasteiger partial charge >= 0.3 is 0 Å². The Morgan fingerprint density at radius 2 is 1.63 bits per heavy atom. The molecule has 158 valence electrons. The number of nitrogens with zero attached hydrogens (tertiary/aromatic N) is 2. The molecule has 1 aliphatic rings. The fourth-order valence-corrected chi connectivity index (χ4v) is 3.22. The number of benzene rings is 2. The van der Waals surface area contributed by atoms with Crippen LogP contribution >= 0.6 is 0 Å². The van der Waals surface area contributed by atoms with E-state index < -0.39 is 23.4 Å². The maximum Gasteiger partial charge on any atom is 0.254 e. The highest BCUT2D eigenvalue weighted by atomic mass is 19.1. The molecule has 9 heteroatoms. The molecule has 2 amide bonds. The monoisotopic (exact) mass is 419 g/mol. The Bertz CT molecular complexity index is 989. The number of amides is 2. The fraction of sp³-hybridized carbons (Fsp3) is 0.286. The average molecular weight is 419 g/mol. The molecule has 0 saturated carbocycles. The van der Waals surface area contributed by atoms with Crippen molar-refractivity contribution in [3.05, 3.63) is 65.0 Å². The molecule has 0 bridgehead atoms. The summed E-state index contributed by atoms with van der Waals surface area (Å²) in [5, 5.41) is 2.33. The third-order valence-corrected chi connectivity index (χ3v) is 4.90. The van der Waals surface area contributed by atoms with Gasteiger partial charge in [-0.1, -0.05) is 0 Å². The van der Waals surface area contributed by atoms with E-state index in [4.69, 9.17) is 0 Å². The zero-order chi connectivity index (χ0) is 21.8. The maximum absolute atomic E-state index is 14.3. The van der Waals surface area contributed by atoms with E-state index in [1.807, 2.05) is 0 Å². The van der Waals surface area contributed by atoms with Gasteiger partial charge in [0.25, 0.3) is 5.91 Å². The number of ketones is 1. The number of rotatable bonds is 5. The Morgan fingerprint density at radius 3 is 2.23 bits per heavy atom. The molecular formula is C21H20F3N3O3. The lowest BCUT2D eigenvalue weighted by atomic mass is 10.1. The Kier molecular flexibility index (Phi) is 6.39. The van der Waals surface area contributed by atoms with Gasteiger partial charge in [0.15, 0.2) is 5.78 Å². The van der Waals surface area contributed by atoms with Crippen molar-refractivity contribution in [1.82, 2.24) is 10.2 Å². The molecule has 1 saturated heterocycles. The Labute approximate surface area is 171 Å². The van der Waals surface area contributed by atoms with Crippen LogP contribution in [0.15, 0.2) is 36.4 Å². The molecule has 1 aliphatic heterocycles. The van der Waals surface area contributed by atoms with E-state index in [-0.39, 0.29) is 23.8 Å². The molecule has 3 rings (SSSR count). The molecule has 0 aliphatic carbocycles. The maximum atomic E-state index is 14.3. The minimum Gasteiger partial charge on any atom is -0.366 e. The predicted octanol–water partition coefficient (Wildman–Crippen LogP) is 2.39. The molecule has 1 N–H and O–H groups in total. The molecule has 0 aromatic heterocycles. The van der Waals surface area contributed by atoms with Gasteiger partial charge in [-0.2, -0.15) is 0 Å². The summed E-state index contributed by atoms with van der Waals surface area (Å²) in [6, 6.07) is 6.86. The molecule has 0 spiro atoms. The van der Waals surface area contributed by atoms with Crippen LogP contribution < -0.4 is 10.2 Å². The smallest absolute Gasteiger partial charge is 0.254 e. The van der Waals surface area contributed by atoms with Gasteiger partial charge in [-0.15, -0.1) is 0 Å². The van der Waals surface area contributed by atoms with Gasteiger partial charge in [0.2, 0.25) is 5.91 Å². The number of nitrogens with one attached hydrogen (secondary N) is 1. The first kappa shape index (κ1) is 21.4. The summed E-state index contributed by atoms with van der Waals surface area (Å²) >= 11 is 0. The quantitative estimate of drug-likeness (QED) is 0.756. The number of carbonyl (C=O) groups is 3. The number of piperazine rings is 1. The predicted molar refractivity (Wildman–Crippen MR) is 104 cm³/mol. The Hall–Kier alpha value is -3.36. The first-order valence-electron chi connectivity index (χ1n) is 9.32. The Balaban J connectivity index is 1.53. The highest BCUT2D eigenvalue weighted by Gasteiger charge is 2.24. The van der Waals surface area contributed by atoms with Gasteiger partial charge in [0, 0.05) is 37.8 Å². The second-order valence-electron chi connectivity index (χ2n) is 6.90. The van der Waals surface area contributed by atoms with Gasteiger partial charge in [0.05, 0.1) is 17.8 Å². The summed E-state index contributed by atoms with van der Waals surface area (Å²) in [7, 11) is 0. The van der Waals surface area contributed by atoms with Crippen LogP contribution in [0.4, 0.5) is 18.9 Å². The first-order valence-corrected chi connectivity index (χ1v) is 9.32. The van der Waals surface area contributed by atoms with Crippen molar-refractivity contribution in [2.24, 2.45) is 0 Å². The molecule has 0 radical (unpaired) electrons. The number of anilines is 1. The highest BCUT2D eigenvalue weighted by molar-refractivity contribution is 5.96. The van der Waals surface area contributed by atoms with Gasteiger partial charge in [-0.25, -0.2) is 13.2 Å². The standard InChI is InChI=1S/C21H20F3N3O3/c1-13(28)14-2-5-19(18(24)10-14)26-6-8-27(9-7-26)20(29)12-25-21(30)16-4-3-15(22)11-17(16)23/h2-5,10-11H,6-9,12H2,1H3,(H,25,30). The molecule has 1 fully saturated rings. The molecule has 2 aromatic carbocycles. The normalized spacial score (nSPS) is 13.9. The zero-order valence-electron chi connectivity index (χ0n) is 16.3. The van der Waals surface area contributed by atoms with Crippen molar-refractivity contribution in [3.63, 3.8) is 0 Å². The lowest BCUT2D eigenvalue weighted by molar-refractivity contribution is -0.130. The van der Waals surface area contributed by atoms with Crippen molar-refractivity contribution in [2.75, 3.05) is 37.6 Å². The van der Waals surface area contributed by atoms with Crippen molar-refractivity contribution in [3.8, 4) is 0 Å². The van der Waals surface area contributed by atoms with Crippen LogP contribution in [0.2, 0.25) is 0 Å². The summed E-state index contributed by atoms with van der Waals surface area (Å²) in [6.07, 6.45) is 0. The number of hydrogen-bond acceptors (Lipinski definition) is 4. The average Bonchev–Trinajstić information content (AvgIpc) is 2.71. The third kappa shape index (κ3) is 4.79. The van der Waals surface area contributed by atoms with E-state index in [0.717, 1.165) is 12.1 Å². The van der Waals surface area contributed by atoms with E-state index in [0.29, 0.717) is 43.5 Å². The van der Waals surface area contributed by atoms with Crippen molar-refractivity contribution < 1.29 is 27.6 Å². The van der Waals surface area contributed by atoms with Crippen LogP contribution in [0.5, 0.6) is 0 Å². The topological polar surface area (TPSA) is 69.7 Å². The second kappa shape index (κ2) is 8.98. The third-order valence-electron chi connectivity index (χ3n) is 4.90. The van der Waals surface area contributed by atoms with Crippen molar-refractivity contribution >= 4 is 23.3 Å². The van der Waals surface area contributed by atoms with Crippen LogP contribution in [0.3, 0.4) is 0 Å². The van der Waals surface area contributed by atoms with Crippen LogP contribution in [0.1, 0.15) is 27.6 Å². The summed E-state index contributed by atoms with van der Waals surface area (Å²) in [6.45, 7) is 2.41. The van der Waals surface area contributed by atoms with Crippen molar-refractivity contribution in [2.45, 2.75) is 6.92 Å². The van der Waals surface area contributed by atoms with E-state index in [9.17, 15) is 27.6 Å². The van der Waals surface area contributed by atoms with E-state index in [2.05, 4.69) is 5.32 Å². The van der Waals surface area contributed by atoms with E-state index in [1.165, 1.54) is 17.9 Å². The number of carbonyl (C=O) groups excluding carboxylic acids is 3.